The third kappa shape index (κ3) is 63.5. The van der Waals surface area contributed by atoms with Gasteiger partial charge in [0.2, 0.25) is 0 Å². The van der Waals surface area contributed by atoms with E-state index in [1.54, 1.807) is 0 Å². The van der Waals surface area contributed by atoms with E-state index in [-0.39, 0.29) is 25.7 Å². The predicted octanol–water partition coefficient (Wildman–Crippen LogP) is 20.1. The van der Waals surface area contributed by atoms with E-state index in [9.17, 15) is 43.2 Å². The summed E-state index contributed by atoms with van der Waals surface area (Å²) in [5.74, 6) is 0.861. The lowest BCUT2D eigenvalue weighted by Gasteiger charge is -2.21. The van der Waals surface area contributed by atoms with Crippen LogP contribution in [0.3, 0.4) is 0 Å². The second-order valence-corrected chi connectivity index (χ2v) is 30.2. The van der Waals surface area contributed by atoms with Crippen LogP contribution in [0.5, 0.6) is 0 Å². The van der Waals surface area contributed by atoms with Gasteiger partial charge in [-0.3, -0.25) is 37.3 Å². The Labute approximate surface area is 549 Å². The van der Waals surface area contributed by atoms with Crippen molar-refractivity contribution in [3.05, 3.63) is 0 Å². The van der Waals surface area contributed by atoms with Crippen molar-refractivity contribution in [2.24, 2.45) is 23.7 Å². The number of rotatable bonds is 68. The lowest BCUT2D eigenvalue weighted by molar-refractivity contribution is -0.161. The summed E-state index contributed by atoms with van der Waals surface area (Å²) >= 11 is 0. The summed E-state index contributed by atoms with van der Waals surface area (Å²) in [5.41, 5.74) is 0. The van der Waals surface area contributed by atoms with Gasteiger partial charge in [-0.15, -0.1) is 0 Å². The molecule has 0 radical (unpaired) electrons. The Balaban J connectivity index is 5.24. The quantitative estimate of drug-likeness (QED) is 0.0222. The summed E-state index contributed by atoms with van der Waals surface area (Å²) in [6.45, 7) is 14.1. The largest absolute Gasteiger partial charge is 0.472 e. The standard InChI is InChI=1S/C71H138O17P2/c1-9-64(8)50-42-34-25-21-22-28-38-46-54-71(76)88-66(57-81-68(73)51-43-35-26-19-14-12-10-11-13-17-23-31-39-47-61(2)3)59-85-89(77,78)83-55-65(72)56-84-90(79,80)86-60-67(58-82-69(74)52-44-36-30-29-33-41-49-63(6)7)87-70(75)53-45-37-27-20-16-15-18-24-32-40-48-62(4)5/h61-67,72H,9-60H2,1-8H3,(H,77,78)(H,79,80)/t64?,65-,66-,67-/m1/s1. The zero-order valence-electron chi connectivity index (χ0n) is 58.8. The fourth-order valence-electron chi connectivity index (χ4n) is 10.6. The minimum absolute atomic E-state index is 0.104. The zero-order chi connectivity index (χ0) is 66.8. The summed E-state index contributed by atoms with van der Waals surface area (Å²) in [6.07, 6.45) is 43.1. The molecule has 6 atom stereocenters. The molecule has 90 heavy (non-hydrogen) atoms. The summed E-state index contributed by atoms with van der Waals surface area (Å²) in [5, 5.41) is 10.6. The van der Waals surface area contributed by atoms with Gasteiger partial charge in [-0.05, 0) is 49.4 Å². The molecule has 0 aliphatic carbocycles. The summed E-state index contributed by atoms with van der Waals surface area (Å²) < 4.78 is 68.3. The molecule has 0 amide bonds. The Hall–Kier alpha value is -1.94. The van der Waals surface area contributed by atoms with Crippen LogP contribution in [-0.4, -0.2) is 96.7 Å². The summed E-state index contributed by atoms with van der Waals surface area (Å²) in [6, 6.07) is 0. The molecule has 0 fully saturated rings. The van der Waals surface area contributed by atoms with E-state index in [1.165, 1.54) is 148 Å². The number of aliphatic hydroxyl groups excluding tert-OH is 1. The Morgan fingerprint density at radius 1 is 0.311 bits per heavy atom. The third-order valence-electron chi connectivity index (χ3n) is 16.7. The van der Waals surface area contributed by atoms with Crippen LogP contribution in [0.2, 0.25) is 0 Å². The molecular formula is C71H138O17P2. The molecule has 0 rings (SSSR count). The highest BCUT2D eigenvalue weighted by Gasteiger charge is 2.30. The highest BCUT2D eigenvalue weighted by atomic mass is 31.2. The minimum atomic E-state index is -4.95. The van der Waals surface area contributed by atoms with Gasteiger partial charge in [0.15, 0.2) is 12.2 Å². The van der Waals surface area contributed by atoms with Gasteiger partial charge in [0, 0.05) is 25.7 Å². The van der Waals surface area contributed by atoms with Crippen LogP contribution in [0.1, 0.15) is 351 Å². The van der Waals surface area contributed by atoms with E-state index in [0.29, 0.717) is 31.6 Å². The highest BCUT2D eigenvalue weighted by Crippen LogP contribution is 2.45. The number of aliphatic hydroxyl groups is 1. The van der Waals surface area contributed by atoms with E-state index in [4.69, 9.17) is 37.0 Å². The first kappa shape index (κ1) is 88.1. The smallest absolute Gasteiger partial charge is 0.462 e. The minimum Gasteiger partial charge on any atom is -0.462 e. The molecule has 0 heterocycles. The number of carbonyl (C=O) groups is 4. The Kier molecular flexibility index (Phi) is 59.4. The molecular weight excluding hydrogens is 1190 g/mol. The summed E-state index contributed by atoms with van der Waals surface area (Å²) in [7, 11) is -9.90. The van der Waals surface area contributed by atoms with Crippen LogP contribution in [-0.2, 0) is 65.4 Å². The number of phosphoric acid groups is 2. The third-order valence-corrected chi connectivity index (χ3v) is 18.6. The van der Waals surface area contributed by atoms with Crippen molar-refractivity contribution in [3.63, 3.8) is 0 Å². The average molecular weight is 1330 g/mol. The molecule has 19 heteroatoms. The van der Waals surface area contributed by atoms with Crippen LogP contribution in [0.15, 0.2) is 0 Å². The zero-order valence-corrected chi connectivity index (χ0v) is 60.6. The number of esters is 4. The number of phosphoric ester groups is 2. The van der Waals surface area contributed by atoms with Crippen molar-refractivity contribution in [1.82, 2.24) is 0 Å². The van der Waals surface area contributed by atoms with Crippen molar-refractivity contribution in [2.75, 3.05) is 39.6 Å². The van der Waals surface area contributed by atoms with Crippen molar-refractivity contribution in [1.29, 1.82) is 0 Å². The molecule has 3 unspecified atom stereocenters. The first-order valence-corrected chi connectivity index (χ1v) is 39.7. The fraction of sp³-hybridized carbons (Fsp3) is 0.944. The fourth-order valence-corrected chi connectivity index (χ4v) is 12.2. The van der Waals surface area contributed by atoms with Crippen molar-refractivity contribution >= 4 is 39.5 Å². The highest BCUT2D eigenvalue weighted by molar-refractivity contribution is 7.47. The normalized spacial score (nSPS) is 14.6. The van der Waals surface area contributed by atoms with Crippen LogP contribution < -0.4 is 0 Å². The van der Waals surface area contributed by atoms with Crippen LogP contribution in [0.25, 0.3) is 0 Å². The van der Waals surface area contributed by atoms with Crippen molar-refractivity contribution < 1.29 is 80.2 Å². The number of hydrogen-bond acceptors (Lipinski definition) is 15. The van der Waals surface area contributed by atoms with Crippen LogP contribution >= 0.6 is 15.6 Å². The SMILES string of the molecule is CCC(C)CCCCCCCCCCC(=O)O[C@H](COC(=O)CCCCCCCCCCCCCCCC(C)C)COP(=O)(O)OC[C@@H](O)COP(=O)(O)OC[C@@H](COC(=O)CCCCCCCCC(C)C)OC(=O)CCCCCCCCCCCCC(C)C. The molecule has 0 spiro atoms. The number of hydrogen-bond donors (Lipinski definition) is 3. The average Bonchev–Trinajstić information content (AvgIpc) is 3.70. The lowest BCUT2D eigenvalue weighted by atomic mass is 9.99. The van der Waals surface area contributed by atoms with Gasteiger partial charge in [0.05, 0.1) is 26.4 Å². The van der Waals surface area contributed by atoms with Crippen molar-refractivity contribution in [3.8, 4) is 0 Å². The molecule has 0 saturated heterocycles. The molecule has 0 aliphatic heterocycles. The number of carbonyl (C=O) groups excluding carboxylic acids is 4. The van der Waals surface area contributed by atoms with E-state index >= 15 is 0 Å². The molecule has 534 valence electrons. The maximum atomic E-state index is 13.0. The molecule has 0 aromatic carbocycles. The maximum absolute atomic E-state index is 13.0. The van der Waals surface area contributed by atoms with Gasteiger partial charge in [-0.1, -0.05) is 299 Å². The second kappa shape index (κ2) is 60.7. The first-order chi connectivity index (χ1) is 43.1. The first-order valence-electron chi connectivity index (χ1n) is 36.7. The molecule has 17 nitrogen and oxygen atoms in total. The van der Waals surface area contributed by atoms with E-state index in [2.05, 4.69) is 55.4 Å². The molecule has 0 aliphatic rings. The topological polar surface area (TPSA) is 237 Å². The van der Waals surface area contributed by atoms with E-state index in [1.807, 2.05) is 0 Å². The molecule has 0 saturated carbocycles. The van der Waals surface area contributed by atoms with Gasteiger partial charge in [0.25, 0.3) is 0 Å². The van der Waals surface area contributed by atoms with Crippen molar-refractivity contribution in [2.45, 2.75) is 369 Å². The van der Waals surface area contributed by atoms with Gasteiger partial charge < -0.3 is 33.8 Å². The predicted molar refractivity (Wildman–Crippen MR) is 363 cm³/mol. The van der Waals surface area contributed by atoms with Crippen LogP contribution in [0, 0.1) is 23.7 Å². The van der Waals surface area contributed by atoms with Gasteiger partial charge in [-0.2, -0.15) is 0 Å². The van der Waals surface area contributed by atoms with Crippen LogP contribution in [0.4, 0.5) is 0 Å². The summed E-state index contributed by atoms with van der Waals surface area (Å²) in [4.78, 5) is 72.6. The van der Waals surface area contributed by atoms with Gasteiger partial charge in [-0.25, -0.2) is 9.13 Å². The Morgan fingerprint density at radius 2 is 0.533 bits per heavy atom. The molecule has 3 N–H and O–H groups in total. The lowest BCUT2D eigenvalue weighted by Crippen LogP contribution is -2.30. The number of unbranched alkanes of at least 4 members (excludes halogenated alkanes) is 33. The second-order valence-electron chi connectivity index (χ2n) is 27.3. The maximum Gasteiger partial charge on any atom is 0.472 e. The molecule has 0 aromatic heterocycles. The monoisotopic (exact) mass is 1320 g/mol. The number of ether oxygens (including phenoxy) is 4. The molecule has 0 bridgehead atoms. The molecule has 0 aromatic rings. The van der Waals surface area contributed by atoms with Gasteiger partial charge >= 0.3 is 39.5 Å². The van der Waals surface area contributed by atoms with E-state index < -0.39 is 97.5 Å². The van der Waals surface area contributed by atoms with Gasteiger partial charge in [0.1, 0.15) is 19.3 Å². The Bertz CT molecular complexity index is 1780. The van der Waals surface area contributed by atoms with E-state index in [0.717, 1.165) is 114 Å². The Morgan fingerprint density at radius 3 is 0.789 bits per heavy atom.